The number of aryl methyl sites for hydroxylation is 2. The minimum atomic E-state index is -0.485. The van der Waals surface area contributed by atoms with E-state index < -0.39 is 5.82 Å². The van der Waals surface area contributed by atoms with Crippen molar-refractivity contribution >= 4 is 50.9 Å². The van der Waals surface area contributed by atoms with Gasteiger partial charge in [0.25, 0.3) is 0 Å². The van der Waals surface area contributed by atoms with Gasteiger partial charge >= 0.3 is 0 Å². The molecule has 256 valence electrons. The van der Waals surface area contributed by atoms with Crippen molar-refractivity contribution in [3.63, 3.8) is 0 Å². The number of fused-ring (bicyclic) bond motifs is 4. The molecule has 50 heavy (non-hydrogen) atoms. The molecular weight excluding hydrogens is 678 g/mol. The Morgan fingerprint density at radius 2 is 2.06 bits per heavy atom. The standard InChI is InChI=1S/C38H35Cl2FN6O3/c1-19-26-15-31(30-14-24(49-18-23-9-11-50-45-23)17-46(30)38(48)20-7-8-20)47(36-22-13-29(36)43-16-22)37(26)27-12-21(4-3-10-42)32(34(41)35(27)44-19)25-5-2-6-28(39)33(25)40/h2,5-6,9,11-12,15,20,22,24,29-30,36,43H,3-4,7-8,13-14,16-18H2,1H3. The summed E-state index contributed by atoms with van der Waals surface area (Å²) in [6.07, 6.45) is 5.40. The van der Waals surface area contributed by atoms with Gasteiger partial charge in [0.15, 0.2) is 5.82 Å². The molecule has 2 aromatic carbocycles. The number of amides is 1. The van der Waals surface area contributed by atoms with E-state index in [4.69, 9.17) is 37.4 Å². The van der Waals surface area contributed by atoms with Crippen molar-refractivity contribution in [1.82, 2.24) is 24.9 Å². The first kappa shape index (κ1) is 31.9. The molecule has 3 aliphatic heterocycles. The molecule has 5 fully saturated rings. The lowest BCUT2D eigenvalue weighted by Gasteiger charge is -2.39. The Bertz CT molecular complexity index is 2200. The summed E-state index contributed by atoms with van der Waals surface area (Å²) in [6, 6.07) is 13.6. The Hall–Kier alpha value is -4.01. The van der Waals surface area contributed by atoms with Gasteiger partial charge in [-0.1, -0.05) is 40.5 Å². The number of ether oxygens (including phenoxy) is 1. The maximum atomic E-state index is 17.1. The van der Waals surface area contributed by atoms with E-state index in [1.165, 1.54) is 6.26 Å². The zero-order valence-electron chi connectivity index (χ0n) is 27.5. The molecule has 9 nitrogen and oxygen atoms in total. The fourth-order valence-corrected chi connectivity index (χ4v) is 9.02. The Morgan fingerprint density at radius 1 is 1.20 bits per heavy atom. The van der Waals surface area contributed by atoms with Crippen molar-refractivity contribution in [1.29, 1.82) is 5.26 Å². The summed E-state index contributed by atoms with van der Waals surface area (Å²) in [5.41, 5.74) is 5.07. The normalized spacial score (nSPS) is 24.3. The van der Waals surface area contributed by atoms with Crippen molar-refractivity contribution in [2.24, 2.45) is 11.8 Å². The molecule has 3 saturated heterocycles. The summed E-state index contributed by atoms with van der Waals surface area (Å²) in [5.74, 6) is 0.144. The topological polar surface area (TPSA) is 109 Å². The SMILES string of the molecule is Cc1nc2c(F)c(-c3cccc(Cl)c3Cl)c(CCC#N)cc2c2c1cc(C1CC(OCc3ccon3)CN1C(=O)C1CC1)n2C1C2CNC1C2. The summed E-state index contributed by atoms with van der Waals surface area (Å²) in [6.45, 7) is 3.62. The van der Waals surface area contributed by atoms with Gasteiger partial charge < -0.3 is 24.0 Å². The Labute approximate surface area is 298 Å². The van der Waals surface area contributed by atoms with Crippen LogP contribution in [-0.4, -0.2) is 50.8 Å². The maximum absolute atomic E-state index is 17.1. The van der Waals surface area contributed by atoms with Gasteiger partial charge in [-0.25, -0.2) is 9.37 Å². The van der Waals surface area contributed by atoms with Crippen molar-refractivity contribution in [2.45, 2.75) is 76.3 Å². The van der Waals surface area contributed by atoms with Crippen molar-refractivity contribution in [2.75, 3.05) is 13.1 Å². The monoisotopic (exact) mass is 712 g/mol. The number of halogens is 3. The highest BCUT2D eigenvalue weighted by Gasteiger charge is 2.51. The number of nitrogens with zero attached hydrogens (tertiary/aromatic N) is 5. The summed E-state index contributed by atoms with van der Waals surface area (Å²) < 4.78 is 30.9. The van der Waals surface area contributed by atoms with E-state index in [2.05, 4.69) is 27.2 Å². The van der Waals surface area contributed by atoms with Crippen LogP contribution in [-0.2, 0) is 22.6 Å². The minimum Gasteiger partial charge on any atom is -0.370 e. The molecule has 12 heteroatoms. The molecule has 5 aliphatic rings. The molecule has 2 aliphatic carbocycles. The van der Waals surface area contributed by atoms with Crippen molar-refractivity contribution in [3.05, 3.63) is 81.2 Å². The molecule has 5 atom stereocenters. The Morgan fingerprint density at radius 3 is 2.78 bits per heavy atom. The second kappa shape index (κ2) is 12.3. The average molecular weight is 714 g/mol. The molecule has 1 amide bonds. The molecule has 5 aromatic rings. The number of benzene rings is 2. The predicted molar refractivity (Wildman–Crippen MR) is 187 cm³/mol. The van der Waals surface area contributed by atoms with Gasteiger partial charge in [0, 0.05) is 77.2 Å². The van der Waals surface area contributed by atoms with E-state index in [1.54, 1.807) is 24.3 Å². The van der Waals surface area contributed by atoms with E-state index in [0.29, 0.717) is 70.4 Å². The van der Waals surface area contributed by atoms with Gasteiger partial charge in [0.2, 0.25) is 5.91 Å². The van der Waals surface area contributed by atoms with E-state index in [1.807, 2.05) is 17.9 Å². The van der Waals surface area contributed by atoms with Gasteiger partial charge in [-0.05, 0) is 62.3 Å². The Balaban J connectivity index is 1.25. The lowest BCUT2D eigenvalue weighted by molar-refractivity contribution is -0.134. The second-order valence-electron chi connectivity index (χ2n) is 14.2. The third-order valence-electron chi connectivity index (χ3n) is 11.2. The number of aromatic nitrogens is 3. The number of likely N-dealkylation sites (tertiary alicyclic amines) is 1. The van der Waals surface area contributed by atoms with E-state index >= 15 is 4.39 Å². The number of carbonyl (C=O) groups excluding carboxylic acids is 1. The molecular formula is C38H35Cl2FN6O3. The van der Waals surface area contributed by atoms with Crippen LogP contribution >= 0.6 is 23.2 Å². The quantitative estimate of drug-likeness (QED) is 0.166. The highest BCUT2D eigenvalue weighted by atomic mass is 35.5. The van der Waals surface area contributed by atoms with Gasteiger partial charge in [0.05, 0.1) is 46.4 Å². The van der Waals surface area contributed by atoms with Gasteiger partial charge in [-0.3, -0.25) is 4.79 Å². The minimum absolute atomic E-state index is 0.0453. The molecule has 2 bridgehead atoms. The smallest absolute Gasteiger partial charge is 0.226 e. The third-order valence-corrected chi connectivity index (χ3v) is 12.0. The van der Waals surface area contributed by atoms with Crippen LogP contribution < -0.4 is 5.32 Å². The van der Waals surface area contributed by atoms with Crippen LogP contribution in [0, 0.1) is 35.9 Å². The number of nitrogens with one attached hydrogen (secondary N) is 1. The molecule has 6 heterocycles. The molecule has 5 unspecified atom stereocenters. The van der Waals surface area contributed by atoms with Crippen LogP contribution in [0.4, 0.5) is 4.39 Å². The van der Waals surface area contributed by atoms with E-state index in [-0.39, 0.29) is 53.0 Å². The molecule has 0 spiro atoms. The molecule has 1 N–H and O–H groups in total. The lowest BCUT2D eigenvalue weighted by atomic mass is 9.79. The van der Waals surface area contributed by atoms with Gasteiger partial charge in [-0.2, -0.15) is 5.26 Å². The first-order valence-electron chi connectivity index (χ1n) is 17.3. The van der Waals surface area contributed by atoms with Crippen LogP contribution in [0.3, 0.4) is 0 Å². The molecule has 0 radical (unpaired) electrons. The molecule has 10 rings (SSSR count). The summed E-state index contributed by atoms with van der Waals surface area (Å²) in [4.78, 5) is 20.8. The molecule has 3 aromatic heterocycles. The fourth-order valence-electron chi connectivity index (χ4n) is 8.62. The van der Waals surface area contributed by atoms with Gasteiger partial charge in [0.1, 0.15) is 17.5 Å². The average Bonchev–Trinajstić information content (AvgIpc) is 3.62. The van der Waals surface area contributed by atoms with Crippen LogP contribution in [0.1, 0.15) is 66.8 Å². The van der Waals surface area contributed by atoms with Crippen LogP contribution in [0.15, 0.2) is 47.2 Å². The number of carbonyl (C=O) groups is 1. The van der Waals surface area contributed by atoms with Crippen molar-refractivity contribution < 1.29 is 18.4 Å². The van der Waals surface area contributed by atoms with E-state index in [9.17, 15) is 10.1 Å². The zero-order valence-corrected chi connectivity index (χ0v) is 29.0. The fraction of sp³-hybridized carbons (Fsp3) is 0.421. The highest BCUT2D eigenvalue weighted by molar-refractivity contribution is 6.43. The maximum Gasteiger partial charge on any atom is 0.226 e. The zero-order chi connectivity index (χ0) is 34.3. The summed E-state index contributed by atoms with van der Waals surface area (Å²) >= 11 is 13.1. The number of hydrogen-bond donors (Lipinski definition) is 1. The highest BCUT2D eigenvalue weighted by Crippen LogP contribution is 2.51. The summed E-state index contributed by atoms with van der Waals surface area (Å²) in [5, 5.41) is 19.5. The Kier molecular flexibility index (Phi) is 7.88. The third kappa shape index (κ3) is 5.12. The van der Waals surface area contributed by atoms with Crippen molar-refractivity contribution in [3.8, 4) is 17.2 Å². The first-order valence-corrected chi connectivity index (χ1v) is 18.1. The summed E-state index contributed by atoms with van der Waals surface area (Å²) in [7, 11) is 0. The predicted octanol–water partition coefficient (Wildman–Crippen LogP) is 7.86. The largest absolute Gasteiger partial charge is 0.370 e. The number of pyridine rings is 1. The van der Waals surface area contributed by atoms with Crippen LogP contribution in [0.2, 0.25) is 10.0 Å². The second-order valence-corrected chi connectivity index (χ2v) is 15.0. The van der Waals surface area contributed by atoms with E-state index in [0.717, 1.165) is 42.4 Å². The van der Waals surface area contributed by atoms with Crippen LogP contribution in [0.5, 0.6) is 0 Å². The molecule has 2 saturated carbocycles. The number of hydrogen-bond acceptors (Lipinski definition) is 7. The first-order chi connectivity index (χ1) is 24.3. The lowest BCUT2D eigenvalue weighted by Crippen LogP contribution is -2.41. The number of rotatable bonds is 9. The number of nitriles is 1. The van der Waals surface area contributed by atoms with Crippen LogP contribution in [0.25, 0.3) is 32.9 Å². The van der Waals surface area contributed by atoms with Gasteiger partial charge in [-0.15, -0.1) is 0 Å².